The normalized spacial score (nSPS) is 19.2. The Kier molecular flexibility index (Phi) is 2.43. The van der Waals surface area contributed by atoms with Gasteiger partial charge in [0.1, 0.15) is 0 Å². The summed E-state index contributed by atoms with van der Waals surface area (Å²) in [6, 6.07) is 0. The maximum absolute atomic E-state index is 2.28. The largest absolute Gasteiger partial charge is 0.344 e. The standard InChI is InChI=1S/C3H5P.H3N/c1-2-4-3-1;/h2H,1,3H2;1H3. The van der Waals surface area contributed by atoms with Crippen molar-refractivity contribution in [2.75, 3.05) is 6.16 Å². The second-order valence-corrected chi connectivity index (χ2v) is 2.05. The molecule has 30 valence electrons. The molecule has 0 aliphatic carbocycles. The molecular formula is C3H8NP. The minimum absolute atomic E-state index is 0. The molecule has 1 aliphatic heterocycles. The van der Waals surface area contributed by atoms with Gasteiger partial charge in [-0.25, -0.2) is 0 Å². The zero-order valence-corrected chi connectivity index (χ0v) is 4.04. The summed E-state index contributed by atoms with van der Waals surface area (Å²) in [5.74, 6) is 2.28. The third kappa shape index (κ3) is 1.10. The van der Waals surface area contributed by atoms with Crippen LogP contribution in [0.2, 0.25) is 0 Å². The Morgan fingerprint density at radius 3 is 1.80 bits per heavy atom. The molecule has 5 heavy (non-hydrogen) atoms. The fourth-order valence-corrected chi connectivity index (χ4v) is 0.387. The van der Waals surface area contributed by atoms with Gasteiger partial charge in [0, 0.05) is 0 Å². The Morgan fingerprint density at radius 2 is 1.80 bits per heavy atom. The van der Waals surface area contributed by atoms with E-state index in [4.69, 9.17) is 0 Å². The van der Waals surface area contributed by atoms with Crippen molar-refractivity contribution >= 4 is 14.0 Å². The maximum atomic E-state index is 2.28. The van der Waals surface area contributed by atoms with E-state index in [2.05, 4.69) is 5.80 Å². The molecule has 0 unspecified atom stereocenters. The number of rotatable bonds is 0. The van der Waals surface area contributed by atoms with E-state index in [1.165, 1.54) is 12.6 Å². The lowest BCUT2D eigenvalue weighted by atomic mass is 10.6. The molecule has 0 amide bonds. The Hall–Kier alpha value is 0.130. The Morgan fingerprint density at radius 1 is 1.60 bits per heavy atom. The third-order valence-corrected chi connectivity index (χ3v) is 1.55. The highest BCUT2D eigenvalue weighted by atomic mass is 31.1. The Bertz CT molecular complexity index is 36.2. The summed E-state index contributed by atoms with van der Waals surface area (Å²) in [7, 11) is 1.55. The lowest BCUT2D eigenvalue weighted by molar-refractivity contribution is 1.35. The summed E-state index contributed by atoms with van der Waals surface area (Å²) < 4.78 is 0. The van der Waals surface area contributed by atoms with Crippen molar-refractivity contribution in [1.82, 2.24) is 6.15 Å². The smallest absolute Gasteiger partial charge is 0.00713 e. The van der Waals surface area contributed by atoms with Crippen molar-refractivity contribution < 1.29 is 0 Å². The lowest BCUT2D eigenvalue weighted by Crippen LogP contribution is -1.81. The summed E-state index contributed by atoms with van der Waals surface area (Å²) in [6.45, 7) is 0. The van der Waals surface area contributed by atoms with Crippen LogP contribution in [0.1, 0.15) is 6.42 Å². The van der Waals surface area contributed by atoms with Crippen molar-refractivity contribution in [3.05, 3.63) is 0 Å². The molecule has 0 saturated heterocycles. The first kappa shape index (κ1) is 5.13. The third-order valence-electron chi connectivity index (χ3n) is 0.516. The fraction of sp³-hybridized carbons (Fsp3) is 0.667. The fourth-order valence-electron chi connectivity index (χ4n) is 0.129. The zero-order valence-electron chi connectivity index (χ0n) is 3.15. The van der Waals surface area contributed by atoms with Crippen molar-refractivity contribution in [2.45, 2.75) is 6.42 Å². The summed E-state index contributed by atoms with van der Waals surface area (Å²) >= 11 is 0. The van der Waals surface area contributed by atoms with E-state index in [-0.39, 0.29) is 6.15 Å². The van der Waals surface area contributed by atoms with Crippen LogP contribution in [0.4, 0.5) is 0 Å². The van der Waals surface area contributed by atoms with Gasteiger partial charge in [-0.2, -0.15) is 0 Å². The summed E-state index contributed by atoms with van der Waals surface area (Å²) in [4.78, 5) is 0. The first-order chi connectivity index (χ1) is 2.00. The molecule has 0 spiro atoms. The average Bonchev–Trinajstić information content (AvgIpc) is 0.722. The van der Waals surface area contributed by atoms with Gasteiger partial charge in [-0.1, -0.05) is 5.80 Å². The number of hydrogen-bond donors (Lipinski definition) is 1. The molecule has 0 saturated carbocycles. The zero-order chi connectivity index (χ0) is 2.83. The van der Waals surface area contributed by atoms with E-state index in [1.54, 1.807) is 8.20 Å². The molecule has 0 bridgehead atoms. The van der Waals surface area contributed by atoms with E-state index in [1.807, 2.05) is 0 Å². The number of hydrogen-bond acceptors (Lipinski definition) is 1. The van der Waals surface area contributed by atoms with Crippen molar-refractivity contribution in [3.8, 4) is 0 Å². The molecule has 1 rings (SSSR count). The summed E-state index contributed by atoms with van der Waals surface area (Å²) in [5.41, 5.74) is 0. The van der Waals surface area contributed by atoms with Gasteiger partial charge < -0.3 is 6.15 Å². The predicted octanol–water partition coefficient (Wildman–Crippen LogP) is 1.30. The van der Waals surface area contributed by atoms with Crippen LogP contribution in [0.5, 0.6) is 0 Å². The first-order valence-electron chi connectivity index (χ1n) is 1.48. The van der Waals surface area contributed by atoms with Crippen molar-refractivity contribution in [3.63, 3.8) is 0 Å². The molecule has 2 heteroatoms. The van der Waals surface area contributed by atoms with E-state index in [0.717, 1.165) is 0 Å². The van der Waals surface area contributed by atoms with E-state index >= 15 is 0 Å². The first-order valence-corrected chi connectivity index (χ1v) is 2.63. The molecule has 3 N–H and O–H groups in total. The molecule has 0 radical (unpaired) electrons. The van der Waals surface area contributed by atoms with Gasteiger partial charge >= 0.3 is 0 Å². The van der Waals surface area contributed by atoms with Crippen LogP contribution in [-0.4, -0.2) is 12.0 Å². The molecule has 0 aromatic carbocycles. The molecule has 0 aromatic rings. The Labute approximate surface area is 33.8 Å². The molecule has 0 fully saturated rings. The highest BCUT2D eigenvalue weighted by molar-refractivity contribution is 7.40. The van der Waals surface area contributed by atoms with Crippen molar-refractivity contribution in [2.24, 2.45) is 0 Å². The average molecular weight is 89.1 g/mol. The highest BCUT2D eigenvalue weighted by Gasteiger charge is 1.82. The van der Waals surface area contributed by atoms with Crippen LogP contribution in [0.3, 0.4) is 0 Å². The van der Waals surface area contributed by atoms with Crippen molar-refractivity contribution in [1.29, 1.82) is 0 Å². The van der Waals surface area contributed by atoms with Crippen LogP contribution in [0, 0.1) is 0 Å². The Balaban J connectivity index is 0.000000160. The minimum Gasteiger partial charge on any atom is -0.344 e. The second kappa shape index (κ2) is 2.37. The molecular weight excluding hydrogens is 81.0 g/mol. The lowest BCUT2D eigenvalue weighted by Gasteiger charge is -1.91. The van der Waals surface area contributed by atoms with Gasteiger partial charge in [-0.15, -0.1) is 8.20 Å². The molecule has 1 aliphatic rings. The molecule has 0 aromatic heterocycles. The molecule has 1 nitrogen and oxygen atoms in total. The van der Waals surface area contributed by atoms with Gasteiger partial charge in [-0.05, 0) is 12.6 Å². The summed E-state index contributed by atoms with van der Waals surface area (Å²) in [6.07, 6.45) is 2.78. The minimum atomic E-state index is 0. The van der Waals surface area contributed by atoms with Gasteiger partial charge in [0.15, 0.2) is 0 Å². The monoisotopic (exact) mass is 89.0 g/mol. The van der Waals surface area contributed by atoms with E-state index in [9.17, 15) is 0 Å². The van der Waals surface area contributed by atoms with Gasteiger partial charge in [0.05, 0.1) is 0 Å². The second-order valence-electron chi connectivity index (χ2n) is 0.877. The van der Waals surface area contributed by atoms with Crippen LogP contribution in [0.25, 0.3) is 0 Å². The van der Waals surface area contributed by atoms with Crippen LogP contribution >= 0.6 is 8.20 Å². The van der Waals surface area contributed by atoms with Crippen LogP contribution in [0.15, 0.2) is 0 Å². The maximum Gasteiger partial charge on any atom is -0.00713 e. The topological polar surface area (TPSA) is 35.0 Å². The molecule has 0 atom stereocenters. The SMILES string of the molecule is C1=PCC1.N. The molecule has 1 heterocycles. The highest BCUT2D eigenvalue weighted by Crippen LogP contribution is 2.06. The van der Waals surface area contributed by atoms with E-state index < -0.39 is 0 Å². The van der Waals surface area contributed by atoms with Crippen LogP contribution in [-0.2, 0) is 0 Å². The van der Waals surface area contributed by atoms with Gasteiger partial charge in [0.2, 0.25) is 0 Å². The van der Waals surface area contributed by atoms with Gasteiger partial charge in [-0.3, -0.25) is 0 Å². The van der Waals surface area contributed by atoms with Gasteiger partial charge in [0.25, 0.3) is 0 Å². The quantitative estimate of drug-likeness (QED) is 0.446. The predicted molar refractivity (Wildman–Crippen MR) is 27.5 cm³/mol. The van der Waals surface area contributed by atoms with Crippen LogP contribution < -0.4 is 6.15 Å². The summed E-state index contributed by atoms with van der Waals surface area (Å²) in [5, 5.41) is 0. The van der Waals surface area contributed by atoms with E-state index in [0.29, 0.717) is 0 Å².